The van der Waals surface area contributed by atoms with Gasteiger partial charge in [-0.2, -0.15) is 0 Å². The van der Waals surface area contributed by atoms with Gasteiger partial charge in [-0.15, -0.1) is 0 Å². The van der Waals surface area contributed by atoms with E-state index in [2.05, 4.69) is 21.8 Å². The highest BCUT2D eigenvalue weighted by atomic mass is 35.5. The molecule has 0 fully saturated rings. The highest BCUT2D eigenvalue weighted by Gasteiger charge is 2.09. The number of carboxylic acid groups (broad SMARTS) is 1. The number of hydrogen-bond acceptors (Lipinski definition) is 3. The van der Waals surface area contributed by atoms with Gasteiger partial charge in [-0.3, -0.25) is 0 Å². The molecule has 6 heteroatoms. The van der Waals surface area contributed by atoms with Gasteiger partial charge in [-0.25, -0.2) is 9.78 Å². The molecule has 20 heavy (non-hydrogen) atoms. The zero-order valence-electron chi connectivity index (χ0n) is 11.1. The molecule has 2 aromatic rings. The number of rotatable bonds is 6. The molecule has 0 aliphatic rings. The normalized spacial score (nSPS) is 10.5. The Bertz CT molecular complexity index is 610. The number of carbonyl (C=O) groups is 1. The van der Waals surface area contributed by atoms with Gasteiger partial charge in [0, 0.05) is 18.4 Å². The number of anilines is 1. The molecule has 0 unspecified atom stereocenters. The van der Waals surface area contributed by atoms with E-state index in [-0.39, 0.29) is 10.6 Å². The van der Waals surface area contributed by atoms with Crippen molar-refractivity contribution in [2.75, 3.05) is 5.32 Å². The van der Waals surface area contributed by atoms with Crippen LogP contribution in [-0.4, -0.2) is 20.6 Å². The van der Waals surface area contributed by atoms with Gasteiger partial charge in [-0.1, -0.05) is 18.5 Å². The Hall–Kier alpha value is -2.01. The number of hydrogen-bond donors (Lipinski definition) is 2. The molecule has 0 saturated heterocycles. The van der Waals surface area contributed by atoms with E-state index < -0.39 is 5.97 Å². The summed E-state index contributed by atoms with van der Waals surface area (Å²) in [6.45, 7) is 3.61. The van der Waals surface area contributed by atoms with E-state index in [4.69, 9.17) is 16.7 Å². The number of halogens is 1. The zero-order chi connectivity index (χ0) is 14.5. The third kappa shape index (κ3) is 3.30. The van der Waals surface area contributed by atoms with Crippen LogP contribution >= 0.6 is 11.6 Å². The van der Waals surface area contributed by atoms with Crippen LogP contribution in [0, 0.1) is 0 Å². The first-order valence-corrected chi connectivity index (χ1v) is 6.75. The lowest BCUT2D eigenvalue weighted by molar-refractivity contribution is 0.0697. The Kier molecular flexibility index (Phi) is 4.63. The molecule has 1 aromatic heterocycles. The smallest absolute Gasteiger partial charge is 0.337 e. The highest BCUT2D eigenvalue weighted by molar-refractivity contribution is 6.33. The van der Waals surface area contributed by atoms with Crippen molar-refractivity contribution >= 4 is 23.3 Å². The lowest BCUT2D eigenvalue weighted by Crippen LogP contribution is -2.07. The van der Waals surface area contributed by atoms with E-state index >= 15 is 0 Å². The molecule has 0 amide bonds. The maximum absolute atomic E-state index is 11.0. The van der Waals surface area contributed by atoms with Crippen LogP contribution in [0.3, 0.4) is 0 Å². The lowest BCUT2D eigenvalue weighted by Gasteiger charge is -2.10. The number of nitrogens with one attached hydrogen (secondary N) is 1. The number of aromatic carboxylic acids is 1. The third-order valence-electron chi connectivity index (χ3n) is 2.93. The van der Waals surface area contributed by atoms with Gasteiger partial charge in [0.1, 0.15) is 0 Å². The number of nitrogens with zero attached hydrogens (tertiary/aromatic N) is 2. The summed E-state index contributed by atoms with van der Waals surface area (Å²) in [5.41, 5.74) is 1.87. The Morgan fingerprint density at radius 2 is 2.30 bits per heavy atom. The quantitative estimate of drug-likeness (QED) is 0.858. The second-order valence-corrected chi connectivity index (χ2v) is 4.84. The molecule has 1 heterocycles. The molecule has 0 spiro atoms. The van der Waals surface area contributed by atoms with Gasteiger partial charge in [-0.05, 0) is 24.6 Å². The Labute approximate surface area is 122 Å². The fourth-order valence-corrected chi connectivity index (χ4v) is 2.13. The van der Waals surface area contributed by atoms with Gasteiger partial charge in [0.05, 0.1) is 29.2 Å². The molecular formula is C14H16ClN3O2. The summed E-state index contributed by atoms with van der Waals surface area (Å²) in [7, 11) is 0. The molecule has 2 N–H and O–H groups in total. The van der Waals surface area contributed by atoms with E-state index in [9.17, 15) is 4.79 Å². The van der Waals surface area contributed by atoms with E-state index in [0.717, 1.165) is 24.3 Å². The minimum atomic E-state index is -1.03. The largest absolute Gasteiger partial charge is 0.478 e. The number of benzene rings is 1. The monoisotopic (exact) mass is 293 g/mol. The van der Waals surface area contributed by atoms with Crippen molar-refractivity contribution in [3.63, 3.8) is 0 Å². The topological polar surface area (TPSA) is 67.2 Å². The fourth-order valence-electron chi connectivity index (χ4n) is 1.93. The molecule has 0 bridgehead atoms. The van der Waals surface area contributed by atoms with Crippen LogP contribution < -0.4 is 5.32 Å². The fraction of sp³-hybridized carbons (Fsp3) is 0.286. The summed E-state index contributed by atoms with van der Waals surface area (Å²) in [5.74, 6) is -1.03. The minimum absolute atomic E-state index is 0.0960. The number of carboxylic acids is 1. The number of imidazole rings is 1. The van der Waals surface area contributed by atoms with Crippen molar-refractivity contribution < 1.29 is 9.90 Å². The summed E-state index contributed by atoms with van der Waals surface area (Å²) < 4.78 is 2.07. The molecule has 0 saturated carbocycles. The number of aryl methyl sites for hydroxylation is 1. The predicted molar refractivity (Wildman–Crippen MR) is 78.3 cm³/mol. The molecule has 5 nitrogen and oxygen atoms in total. The van der Waals surface area contributed by atoms with E-state index in [0.29, 0.717) is 6.54 Å². The molecule has 0 aliphatic heterocycles. The average Bonchev–Trinajstić information content (AvgIpc) is 2.85. The van der Waals surface area contributed by atoms with Crippen molar-refractivity contribution in [2.24, 2.45) is 0 Å². The van der Waals surface area contributed by atoms with Gasteiger partial charge in [0.2, 0.25) is 0 Å². The Balaban J connectivity index is 2.09. The number of aromatic nitrogens is 2. The van der Waals surface area contributed by atoms with Crippen molar-refractivity contribution in [1.29, 1.82) is 0 Å². The van der Waals surface area contributed by atoms with Gasteiger partial charge >= 0.3 is 5.97 Å². The first-order chi connectivity index (χ1) is 9.61. The Morgan fingerprint density at radius 3 is 3.00 bits per heavy atom. The van der Waals surface area contributed by atoms with Crippen LogP contribution in [0.2, 0.25) is 5.02 Å². The second kappa shape index (κ2) is 6.43. The van der Waals surface area contributed by atoms with Gasteiger partial charge < -0.3 is 15.0 Å². The predicted octanol–water partition coefficient (Wildman–Crippen LogP) is 3.26. The van der Waals surface area contributed by atoms with Crippen LogP contribution in [0.4, 0.5) is 5.69 Å². The van der Waals surface area contributed by atoms with Crippen LogP contribution in [-0.2, 0) is 13.1 Å². The van der Waals surface area contributed by atoms with Crippen LogP contribution in [0.1, 0.15) is 29.4 Å². The van der Waals surface area contributed by atoms with E-state index in [1.54, 1.807) is 24.7 Å². The summed E-state index contributed by atoms with van der Waals surface area (Å²) in [6.07, 6.45) is 4.63. The van der Waals surface area contributed by atoms with E-state index in [1.807, 2.05) is 0 Å². The highest BCUT2D eigenvalue weighted by Crippen LogP contribution is 2.21. The SMILES string of the molecule is CCCn1cncc1CNc1ccc(Cl)c(C(=O)O)c1. The second-order valence-electron chi connectivity index (χ2n) is 4.43. The lowest BCUT2D eigenvalue weighted by atomic mass is 10.2. The molecule has 0 atom stereocenters. The molecule has 1 aromatic carbocycles. The van der Waals surface area contributed by atoms with E-state index in [1.165, 1.54) is 6.07 Å². The van der Waals surface area contributed by atoms with Crippen LogP contribution in [0.15, 0.2) is 30.7 Å². The molecule has 106 valence electrons. The summed E-state index contributed by atoms with van der Waals surface area (Å²) in [6, 6.07) is 4.87. The van der Waals surface area contributed by atoms with Gasteiger partial charge in [0.15, 0.2) is 0 Å². The molecule has 0 radical (unpaired) electrons. The molecule has 2 rings (SSSR count). The maximum atomic E-state index is 11.0. The molecular weight excluding hydrogens is 278 g/mol. The van der Waals surface area contributed by atoms with Crippen LogP contribution in [0.25, 0.3) is 0 Å². The molecule has 0 aliphatic carbocycles. The standard InChI is InChI=1S/C14H16ClN3O2/c1-2-5-18-9-16-7-11(18)8-17-10-3-4-13(15)12(6-10)14(19)20/h3-4,6-7,9,17H,2,5,8H2,1H3,(H,19,20). The van der Waals surface area contributed by atoms with Gasteiger partial charge in [0.25, 0.3) is 0 Å². The average molecular weight is 294 g/mol. The van der Waals surface area contributed by atoms with Crippen LogP contribution in [0.5, 0.6) is 0 Å². The first kappa shape index (κ1) is 14.4. The van der Waals surface area contributed by atoms with Crippen molar-refractivity contribution in [1.82, 2.24) is 9.55 Å². The maximum Gasteiger partial charge on any atom is 0.337 e. The van der Waals surface area contributed by atoms with Crippen molar-refractivity contribution in [3.05, 3.63) is 47.0 Å². The van der Waals surface area contributed by atoms with Crippen molar-refractivity contribution in [2.45, 2.75) is 26.4 Å². The minimum Gasteiger partial charge on any atom is -0.478 e. The summed E-state index contributed by atoms with van der Waals surface area (Å²) >= 11 is 5.83. The first-order valence-electron chi connectivity index (χ1n) is 6.37. The zero-order valence-corrected chi connectivity index (χ0v) is 11.9. The third-order valence-corrected chi connectivity index (χ3v) is 3.26. The summed E-state index contributed by atoms with van der Waals surface area (Å²) in [5, 5.41) is 12.5. The Morgan fingerprint density at radius 1 is 1.50 bits per heavy atom. The van der Waals surface area contributed by atoms with Crippen molar-refractivity contribution in [3.8, 4) is 0 Å². The summed E-state index contributed by atoms with van der Waals surface area (Å²) in [4.78, 5) is 15.1.